The van der Waals surface area contributed by atoms with E-state index >= 15 is 0 Å². The van der Waals surface area contributed by atoms with Crippen LogP contribution in [0, 0.1) is 17.3 Å². The molecule has 1 saturated heterocycles. The molecule has 2 aliphatic rings. The highest BCUT2D eigenvalue weighted by molar-refractivity contribution is 8.14. The van der Waals surface area contributed by atoms with Gasteiger partial charge in [-0.05, 0) is 86.6 Å². The summed E-state index contributed by atoms with van der Waals surface area (Å²) in [4.78, 5) is 49.5. The molecule has 10 heteroatoms. The Bertz CT molecular complexity index is 1880. The normalized spacial score (nSPS) is 18.4. The molecule has 2 atom stereocenters. The number of halogens is 1. The molecule has 266 valence electrons. The Morgan fingerprint density at radius 2 is 1.61 bits per heavy atom. The van der Waals surface area contributed by atoms with Crippen molar-refractivity contribution in [3.05, 3.63) is 142 Å². The molecular weight excluding hydrogens is 684 g/mol. The lowest BCUT2D eigenvalue weighted by atomic mass is 10.1. The number of nitrogens with one attached hydrogen (secondary N) is 1. The summed E-state index contributed by atoms with van der Waals surface area (Å²) in [6.45, 7) is 9.90. The number of hydrazine groups is 1. The molecule has 1 N–H and O–H groups in total. The smallest absolute Gasteiger partial charge is 0.310 e. The largest absolute Gasteiger partial charge is 0.469 e. The molecule has 3 aromatic carbocycles. The minimum atomic E-state index is -0.574. The molecule has 2 heterocycles. The van der Waals surface area contributed by atoms with Crippen molar-refractivity contribution in [1.82, 2.24) is 10.4 Å². The Hall–Kier alpha value is -4.60. The summed E-state index contributed by atoms with van der Waals surface area (Å²) in [5, 5.41) is 2.05. The summed E-state index contributed by atoms with van der Waals surface area (Å²) in [6, 6.07) is 27.4. The van der Waals surface area contributed by atoms with Crippen LogP contribution in [0.2, 0.25) is 5.02 Å². The van der Waals surface area contributed by atoms with Gasteiger partial charge in [-0.2, -0.15) is 0 Å². The van der Waals surface area contributed by atoms with Crippen molar-refractivity contribution in [3.63, 3.8) is 0 Å². The minimum Gasteiger partial charge on any atom is -0.469 e. The average molecular weight is 727 g/mol. The van der Waals surface area contributed by atoms with Gasteiger partial charge in [-0.25, -0.2) is 5.01 Å². The first-order valence-electron chi connectivity index (χ1n) is 16.8. The fraction of sp³-hybridized carbons (Fsp3) is 0.317. The van der Waals surface area contributed by atoms with Crippen molar-refractivity contribution in [2.45, 2.75) is 59.6 Å². The number of rotatable bonds is 8. The second-order valence-corrected chi connectivity index (χ2v) is 15.7. The molecule has 1 aromatic heterocycles. The van der Waals surface area contributed by atoms with E-state index in [9.17, 15) is 19.2 Å². The van der Waals surface area contributed by atoms with E-state index in [1.165, 1.54) is 22.3 Å². The lowest BCUT2D eigenvalue weighted by Crippen LogP contribution is -2.55. The standard InChI is InChI=1S/C23H24O4S.C18H19ClN2O2/c1-23(2)19(12-17-8-9-28-22(17)25)20(23)21(24)27-14-16-11-18(26-13-16)10-15-6-4-3-5-7-15;1-18(2,3)21(17(23)14-7-5-4-6-8-14)20-16(22)13-9-11-15(19)12-10-13/h3-7,11-13,19-20H,8-10,14H2,1-2H3;4-12H,1-3H3,(H,20,22)/b17-12+;/t19-,20-;/m1./s1. The summed E-state index contributed by atoms with van der Waals surface area (Å²) in [5.74, 6) is 0.768. The van der Waals surface area contributed by atoms with Crippen LogP contribution in [-0.2, 0) is 27.4 Å². The van der Waals surface area contributed by atoms with Crippen LogP contribution in [0.1, 0.15) is 78.6 Å². The number of allylic oxidation sites excluding steroid dienone is 1. The molecule has 4 aromatic rings. The molecule has 1 aliphatic heterocycles. The average Bonchev–Trinajstić information content (AvgIpc) is 3.41. The molecular formula is C41H43ClN2O6S. The van der Waals surface area contributed by atoms with Gasteiger partial charge in [-0.1, -0.05) is 91.8 Å². The van der Waals surface area contributed by atoms with E-state index in [4.69, 9.17) is 20.8 Å². The van der Waals surface area contributed by atoms with E-state index in [0.717, 1.165) is 29.1 Å². The number of ether oxygens (including phenoxy) is 1. The van der Waals surface area contributed by atoms with Crippen LogP contribution < -0.4 is 5.43 Å². The van der Waals surface area contributed by atoms with Crippen LogP contribution in [0.4, 0.5) is 0 Å². The highest BCUT2D eigenvalue weighted by atomic mass is 35.5. The second-order valence-electron chi connectivity index (χ2n) is 14.2. The maximum absolute atomic E-state index is 12.7. The molecule has 8 nitrogen and oxygen atoms in total. The molecule has 0 bridgehead atoms. The number of hydrogen-bond acceptors (Lipinski definition) is 7. The third kappa shape index (κ3) is 9.80. The Labute approximate surface area is 308 Å². The third-order valence-corrected chi connectivity index (χ3v) is 10.1. The van der Waals surface area contributed by atoms with Crippen molar-refractivity contribution in [1.29, 1.82) is 0 Å². The van der Waals surface area contributed by atoms with Crippen molar-refractivity contribution in [2.24, 2.45) is 17.3 Å². The first-order chi connectivity index (χ1) is 24.2. The lowest BCUT2D eigenvalue weighted by molar-refractivity contribution is -0.147. The van der Waals surface area contributed by atoms with Crippen molar-refractivity contribution in [2.75, 3.05) is 5.75 Å². The molecule has 0 unspecified atom stereocenters. The van der Waals surface area contributed by atoms with Crippen molar-refractivity contribution >= 4 is 46.3 Å². The van der Waals surface area contributed by atoms with Crippen molar-refractivity contribution < 1.29 is 28.3 Å². The van der Waals surface area contributed by atoms with Gasteiger partial charge in [0.2, 0.25) is 5.12 Å². The zero-order chi connectivity index (χ0) is 36.8. The Balaban J connectivity index is 0.000000202. The fourth-order valence-corrected chi connectivity index (χ4v) is 6.88. The molecule has 6 rings (SSSR count). The van der Waals surface area contributed by atoms with Gasteiger partial charge in [0.05, 0.1) is 17.7 Å². The van der Waals surface area contributed by atoms with Gasteiger partial charge < -0.3 is 9.15 Å². The Morgan fingerprint density at radius 1 is 0.961 bits per heavy atom. The van der Waals surface area contributed by atoms with E-state index in [1.807, 2.05) is 57.2 Å². The highest BCUT2D eigenvalue weighted by Crippen LogP contribution is 2.60. The molecule has 1 aliphatic carbocycles. The monoisotopic (exact) mass is 726 g/mol. The minimum absolute atomic E-state index is 0.0793. The number of hydrogen-bond donors (Lipinski definition) is 1. The van der Waals surface area contributed by atoms with E-state index in [0.29, 0.717) is 22.6 Å². The molecule has 51 heavy (non-hydrogen) atoms. The van der Waals surface area contributed by atoms with Crippen LogP contribution in [0.5, 0.6) is 0 Å². The zero-order valence-electron chi connectivity index (χ0n) is 29.5. The first-order valence-corrected chi connectivity index (χ1v) is 18.2. The fourth-order valence-electron chi connectivity index (χ4n) is 5.89. The molecule has 1 saturated carbocycles. The summed E-state index contributed by atoms with van der Waals surface area (Å²) in [7, 11) is 0. The lowest BCUT2D eigenvalue weighted by Gasteiger charge is -2.35. The number of nitrogens with zero attached hydrogens (tertiary/aromatic N) is 1. The van der Waals surface area contributed by atoms with Gasteiger partial charge in [-0.3, -0.25) is 24.6 Å². The van der Waals surface area contributed by atoms with Crippen LogP contribution in [0.3, 0.4) is 0 Å². The predicted octanol–water partition coefficient (Wildman–Crippen LogP) is 8.70. The highest BCUT2D eigenvalue weighted by Gasteiger charge is 2.61. The van der Waals surface area contributed by atoms with Crippen LogP contribution >= 0.6 is 23.4 Å². The molecule has 0 spiro atoms. The first kappa shape index (κ1) is 37.7. The molecule has 2 fully saturated rings. The van der Waals surface area contributed by atoms with Crippen molar-refractivity contribution in [3.8, 4) is 0 Å². The van der Waals surface area contributed by atoms with Gasteiger partial charge in [-0.15, -0.1) is 0 Å². The summed E-state index contributed by atoms with van der Waals surface area (Å²) < 4.78 is 11.2. The van der Waals surface area contributed by atoms with Crippen LogP contribution in [0.25, 0.3) is 0 Å². The van der Waals surface area contributed by atoms with E-state index in [2.05, 4.69) is 31.4 Å². The second kappa shape index (κ2) is 16.2. The predicted molar refractivity (Wildman–Crippen MR) is 200 cm³/mol. The number of thioether (sulfide) groups is 1. The summed E-state index contributed by atoms with van der Waals surface area (Å²) >= 11 is 7.19. The molecule has 0 radical (unpaired) electrons. The van der Waals surface area contributed by atoms with E-state index < -0.39 is 5.54 Å². The summed E-state index contributed by atoms with van der Waals surface area (Å²) in [5.41, 5.74) is 5.80. The number of carbonyl (C=O) groups is 4. The number of benzene rings is 3. The molecule has 2 amide bonds. The summed E-state index contributed by atoms with van der Waals surface area (Å²) in [6.07, 6.45) is 5.17. The zero-order valence-corrected chi connectivity index (χ0v) is 31.1. The van der Waals surface area contributed by atoms with Gasteiger partial charge in [0.1, 0.15) is 12.4 Å². The maximum atomic E-state index is 12.7. The number of furan rings is 1. The third-order valence-electron chi connectivity index (χ3n) is 8.94. The SMILES string of the molecule is CC(C)(C)N(NC(=O)c1ccc(Cl)cc1)C(=O)c1ccccc1.CC1(C)[C@H](/C=C2\CCSC2=O)[C@@H]1C(=O)OCc1coc(Cc2ccccc2)c1. The van der Waals surface area contributed by atoms with Gasteiger partial charge >= 0.3 is 5.97 Å². The topological polar surface area (TPSA) is 106 Å². The Morgan fingerprint density at radius 3 is 2.22 bits per heavy atom. The van der Waals surface area contributed by atoms with E-state index in [-0.39, 0.29) is 46.8 Å². The van der Waals surface area contributed by atoms with Gasteiger partial charge in [0.25, 0.3) is 11.8 Å². The van der Waals surface area contributed by atoms with E-state index in [1.54, 1.807) is 54.8 Å². The Kier molecular flexibility index (Phi) is 11.9. The van der Waals surface area contributed by atoms with Crippen LogP contribution in [0.15, 0.2) is 113 Å². The van der Waals surface area contributed by atoms with Crippen LogP contribution in [-0.4, -0.2) is 39.2 Å². The quantitative estimate of drug-likeness (QED) is 0.110. The maximum Gasteiger partial charge on any atom is 0.310 e. The number of esters is 1. The van der Waals surface area contributed by atoms with Gasteiger partial charge in [0.15, 0.2) is 0 Å². The number of carbonyl (C=O) groups excluding carboxylic acids is 4. The number of amides is 2. The van der Waals surface area contributed by atoms with Gasteiger partial charge in [0, 0.05) is 39.5 Å².